The first-order valence-electron chi connectivity index (χ1n) is 18.0. The zero-order valence-electron chi connectivity index (χ0n) is 28.7. The number of anilines is 3. The Bertz CT molecular complexity index is 2820. The number of nitrogens with zero attached hydrogens (tertiary/aromatic N) is 2. The molecule has 2 aliphatic heterocycles. The molecule has 0 saturated heterocycles. The third-order valence-corrected chi connectivity index (χ3v) is 10.7. The van der Waals surface area contributed by atoms with Crippen molar-refractivity contribution in [1.82, 2.24) is 4.57 Å². The third kappa shape index (κ3) is 4.64. The van der Waals surface area contributed by atoms with Crippen LogP contribution in [-0.2, 0) is 0 Å². The Hall–Kier alpha value is -6.98. The van der Waals surface area contributed by atoms with Gasteiger partial charge in [0.05, 0.1) is 11.0 Å². The van der Waals surface area contributed by atoms with Gasteiger partial charge in [0.25, 0.3) is 6.71 Å². The van der Waals surface area contributed by atoms with Crippen molar-refractivity contribution in [2.24, 2.45) is 0 Å². The van der Waals surface area contributed by atoms with Crippen molar-refractivity contribution < 1.29 is 9.47 Å². The summed E-state index contributed by atoms with van der Waals surface area (Å²) in [5.74, 6) is 3.44. The maximum absolute atomic E-state index is 7.00. The third-order valence-electron chi connectivity index (χ3n) is 10.7. The van der Waals surface area contributed by atoms with Crippen molar-refractivity contribution in [3.05, 3.63) is 188 Å². The molecule has 0 aliphatic carbocycles. The Morgan fingerprint density at radius 1 is 0.434 bits per heavy atom. The van der Waals surface area contributed by atoms with Crippen LogP contribution in [0.5, 0.6) is 23.0 Å². The average molecular weight is 679 g/mol. The van der Waals surface area contributed by atoms with Gasteiger partial charge in [0.2, 0.25) is 0 Å². The number of para-hydroxylation sites is 4. The SMILES string of the molecule is c1ccc(-c2ccc(N(c3ccccc3)c3ccc4c5cc6c7c(c5n(-c5ccccc5)c4c3)Oc3ccccc3B7c3ccccc3O6)cc2)cc1. The lowest BCUT2D eigenvalue weighted by Gasteiger charge is -2.33. The summed E-state index contributed by atoms with van der Waals surface area (Å²) in [6, 6.07) is 66.4. The molecule has 0 N–H and O–H groups in total. The quantitative estimate of drug-likeness (QED) is 0.170. The summed E-state index contributed by atoms with van der Waals surface area (Å²) < 4.78 is 16.1. The second-order valence-corrected chi connectivity index (χ2v) is 13.7. The van der Waals surface area contributed by atoms with Gasteiger partial charge in [-0.3, -0.25) is 0 Å². The van der Waals surface area contributed by atoms with Gasteiger partial charge in [-0.1, -0.05) is 121 Å². The highest BCUT2D eigenvalue weighted by molar-refractivity contribution is 6.98. The largest absolute Gasteiger partial charge is 0.458 e. The molecule has 0 unspecified atom stereocenters. The highest BCUT2D eigenvalue weighted by Crippen LogP contribution is 2.46. The first kappa shape index (κ1) is 29.7. The minimum atomic E-state index is -0.00970. The number of rotatable bonds is 5. The van der Waals surface area contributed by atoms with Gasteiger partial charge in [-0.2, -0.15) is 0 Å². The second-order valence-electron chi connectivity index (χ2n) is 13.7. The fourth-order valence-corrected chi connectivity index (χ4v) is 8.35. The molecular weight excluding hydrogens is 647 g/mol. The van der Waals surface area contributed by atoms with E-state index in [-0.39, 0.29) is 6.71 Å². The molecule has 0 saturated carbocycles. The molecule has 0 amide bonds. The first-order valence-corrected chi connectivity index (χ1v) is 18.0. The van der Waals surface area contributed by atoms with E-state index in [0.717, 1.165) is 83.9 Å². The molecule has 3 heterocycles. The zero-order chi connectivity index (χ0) is 34.9. The van der Waals surface area contributed by atoms with Crippen LogP contribution in [-0.4, -0.2) is 11.3 Å². The Morgan fingerprint density at radius 2 is 1.00 bits per heavy atom. The monoisotopic (exact) mass is 678 g/mol. The smallest absolute Gasteiger partial charge is 0.260 e. The summed E-state index contributed by atoms with van der Waals surface area (Å²) >= 11 is 0. The summed E-state index contributed by atoms with van der Waals surface area (Å²) in [4.78, 5) is 2.33. The molecule has 0 radical (unpaired) electrons. The number of benzene rings is 8. The van der Waals surface area contributed by atoms with Gasteiger partial charge in [-0.15, -0.1) is 0 Å². The van der Waals surface area contributed by atoms with Crippen LogP contribution in [0.3, 0.4) is 0 Å². The number of fused-ring (bicyclic) bond motifs is 8. The van der Waals surface area contributed by atoms with Crippen LogP contribution < -0.4 is 30.8 Å². The molecule has 1 aromatic heterocycles. The van der Waals surface area contributed by atoms with Gasteiger partial charge in [-0.25, -0.2) is 0 Å². The molecule has 53 heavy (non-hydrogen) atoms. The molecule has 0 atom stereocenters. The number of ether oxygens (including phenoxy) is 2. The minimum Gasteiger partial charge on any atom is -0.458 e. The fraction of sp³-hybridized carbons (Fsp3) is 0. The predicted octanol–water partition coefficient (Wildman–Crippen LogP) is 10.6. The van der Waals surface area contributed by atoms with Crippen molar-refractivity contribution in [1.29, 1.82) is 0 Å². The van der Waals surface area contributed by atoms with Gasteiger partial charge in [-0.05, 0) is 88.8 Å². The van der Waals surface area contributed by atoms with E-state index in [1.54, 1.807) is 0 Å². The molecule has 8 aromatic carbocycles. The lowest BCUT2D eigenvalue weighted by atomic mass is 9.35. The summed E-state index contributed by atoms with van der Waals surface area (Å²) in [6.45, 7) is -0.00970. The van der Waals surface area contributed by atoms with Gasteiger partial charge in [0, 0.05) is 39.0 Å². The normalized spacial score (nSPS) is 12.4. The molecule has 11 rings (SSSR count). The van der Waals surface area contributed by atoms with Crippen molar-refractivity contribution in [3.63, 3.8) is 0 Å². The predicted molar refractivity (Wildman–Crippen MR) is 219 cm³/mol. The van der Waals surface area contributed by atoms with Crippen LogP contribution in [0, 0.1) is 0 Å². The number of hydrogen-bond donors (Lipinski definition) is 0. The molecule has 0 fully saturated rings. The standard InChI is InChI=1S/C48H31BN2O2/c1-4-14-32(15-5-1)33-24-26-36(27-25-33)50(34-16-6-2-7-17-34)37-28-29-38-39-31-45-46-48(47(39)51(42(38)30-37)35-18-8-3-9-19-35)53-44-23-13-11-21-41(44)49(46)40-20-10-12-22-43(40)52-45/h1-31H. The molecule has 4 nitrogen and oxygen atoms in total. The molecule has 9 aromatic rings. The van der Waals surface area contributed by atoms with Crippen LogP contribution >= 0.6 is 0 Å². The summed E-state index contributed by atoms with van der Waals surface area (Å²) in [5.41, 5.74) is 12.2. The van der Waals surface area contributed by atoms with Gasteiger partial charge >= 0.3 is 0 Å². The number of aromatic nitrogens is 1. The van der Waals surface area contributed by atoms with Crippen LogP contribution in [0.1, 0.15) is 0 Å². The summed E-state index contributed by atoms with van der Waals surface area (Å²) in [6.07, 6.45) is 0. The fourth-order valence-electron chi connectivity index (χ4n) is 8.35. The van der Waals surface area contributed by atoms with Crippen LogP contribution in [0.15, 0.2) is 188 Å². The Balaban J connectivity index is 1.17. The lowest BCUT2D eigenvalue weighted by Crippen LogP contribution is -2.57. The van der Waals surface area contributed by atoms with E-state index < -0.39 is 0 Å². The van der Waals surface area contributed by atoms with E-state index >= 15 is 0 Å². The van der Waals surface area contributed by atoms with Crippen molar-refractivity contribution in [2.45, 2.75) is 0 Å². The first-order chi connectivity index (χ1) is 26.3. The molecule has 0 spiro atoms. The maximum atomic E-state index is 7.00. The molecule has 5 heteroatoms. The van der Waals surface area contributed by atoms with Gasteiger partial charge in [0.15, 0.2) is 5.75 Å². The van der Waals surface area contributed by atoms with E-state index in [1.807, 2.05) is 6.07 Å². The van der Waals surface area contributed by atoms with E-state index in [4.69, 9.17) is 9.47 Å². The zero-order valence-corrected chi connectivity index (χ0v) is 28.7. The number of hydrogen-bond acceptors (Lipinski definition) is 3. The Morgan fingerprint density at radius 3 is 1.72 bits per heavy atom. The highest BCUT2D eigenvalue weighted by atomic mass is 16.5. The second kappa shape index (κ2) is 11.8. The Kier molecular flexibility index (Phi) is 6.61. The van der Waals surface area contributed by atoms with Crippen molar-refractivity contribution >= 4 is 62.0 Å². The summed E-state index contributed by atoms with van der Waals surface area (Å²) in [7, 11) is 0. The van der Waals surface area contributed by atoms with Gasteiger partial charge < -0.3 is 18.9 Å². The van der Waals surface area contributed by atoms with Crippen LogP contribution in [0.25, 0.3) is 38.6 Å². The van der Waals surface area contributed by atoms with E-state index in [1.165, 1.54) is 11.1 Å². The van der Waals surface area contributed by atoms with E-state index in [2.05, 4.69) is 191 Å². The maximum Gasteiger partial charge on any atom is 0.260 e. The molecular formula is C48H31BN2O2. The molecule has 0 bridgehead atoms. The molecule has 2 aliphatic rings. The van der Waals surface area contributed by atoms with Crippen LogP contribution in [0.4, 0.5) is 17.1 Å². The van der Waals surface area contributed by atoms with Gasteiger partial charge in [0.1, 0.15) is 17.2 Å². The average Bonchev–Trinajstić information content (AvgIpc) is 3.55. The minimum absolute atomic E-state index is 0.00970. The molecule has 248 valence electrons. The van der Waals surface area contributed by atoms with E-state index in [9.17, 15) is 0 Å². The van der Waals surface area contributed by atoms with Crippen molar-refractivity contribution in [2.75, 3.05) is 4.90 Å². The highest BCUT2D eigenvalue weighted by Gasteiger charge is 2.42. The summed E-state index contributed by atoms with van der Waals surface area (Å²) in [5, 5.41) is 2.21. The van der Waals surface area contributed by atoms with Crippen LogP contribution in [0.2, 0.25) is 0 Å². The Labute approximate surface area is 307 Å². The van der Waals surface area contributed by atoms with Crippen molar-refractivity contribution in [3.8, 4) is 39.8 Å². The topological polar surface area (TPSA) is 26.6 Å². The lowest BCUT2D eigenvalue weighted by molar-refractivity contribution is 0.467. The van der Waals surface area contributed by atoms with E-state index in [0.29, 0.717) is 0 Å².